The van der Waals surface area contributed by atoms with E-state index in [0.717, 1.165) is 49.3 Å². The third-order valence-corrected chi connectivity index (χ3v) is 4.95. The zero-order valence-corrected chi connectivity index (χ0v) is 15.2. The molecule has 0 aromatic heterocycles. The molecular formula is C19H22ClN3S. The summed E-state index contributed by atoms with van der Waals surface area (Å²) >= 11 is 11.4. The topological polar surface area (TPSA) is 18.5 Å². The smallest absolute Gasteiger partial charge is 0.169 e. The average Bonchev–Trinajstić information content (AvgIpc) is 2.64. The molecule has 0 aliphatic carbocycles. The van der Waals surface area contributed by atoms with Crippen LogP contribution in [0.25, 0.3) is 0 Å². The van der Waals surface area contributed by atoms with Crippen molar-refractivity contribution in [2.45, 2.75) is 6.42 Å². The van der Waals surface area contributed by atoms with Gasteiger partial charge >= 0.3 is 0 Å². The van der Waals surface area contributed by atoms with Crippen LogP contribution in [0.3, 0.4) is 0 Å². The standard InChI is InChI=1S/C19H22ClN3S/c20-17-8-6-16(7-9-17)10-11-21-19(24)23-14-12-22(13-15-23)18-4-2-1-3-5-18/h1-9H,10-15H2,(H,21,24). The molecule has 5 heteroatoms. The highest BCUT2D eigenvalue weighted by atomic mass is 35.5. The number of hydrogen-bond acceptors (Lipinski definition) is 2. The molecular weight excluding hydrogens is 338 g/mol. The molecule has 0 radical (unpaired) electrons. The maximum atomic E-state index is 5.91. The zero-order valence-electron chi connectivity index (χ0n) is 13.6. The predicted molar refractivity (Wildman–Crippen MR) is 106 cm³/mol. The minimum absolute atomic E-state index is 0.776. The van der Waals surface area contributed by atoms with Crippen molar-refractivity contribution in [1.29, 1.82) is 0 Å². The first-order valence-corrected chi connectivity index (χ1v) is 9.08. The zero-order chi connectivity index (χ0) is 16.8. The van der Waals surface area contributed by atoms with Crippen LogP contribution in [0.2, 0.25) is 5.02 Å². The van der Waals surface area contributed by atoms with Crippen molar-refractivity contribution < 1.29 is 0 Å². The van der Waals surface area contributed by atoms with Gasteiger partial charge in [-0.05, 0) is 48.5 Å². The Morgan fingerprint density at radius 1 is 0.958 bits per heavy atom. The molecule has 1 fully saturated rings. The largest absolute Gasteiger partial charge is 0.368 e. The lowest BCUT2D eigenvalue weighted by Gasteiger charge is -2.37. The minimum Gasteiger partial charge on any atom is -0.368 e. The Morgan fingerprint density at radius 2 is 1.62 bits per heavy atom. The molecule has 3 rings (SSSR count). The van der Waals surface area contributed by atoms with Crippen LogP contribution in [0.5, 0.6) is 0 Å². The second-order valence-electron chi connectivity index (χ2n) is 5.92. The van der Waals surface area contributed by atoms with E-state index in [-0.39, 0.29) is 0 Å². The van der Waals surface area contributed by atoms with Crippen LogP contribution in [-0.4, -0.2) is 42.7 Å². The van der Waals surface area contributed by atoms with Crippen molar-refractivity contribution in [3.63, 3.8) is 0 Å². The second-order valence-corrected chi connectivity index (χ2v) is 6.74. The van der Waals surface area contributed by atoms with E-state index in [4.69, 9.17) is 23.8 Å². The van der Waals surface area contributed by atoms with Gasteiger partial charge in [0.2, 0.25) is 0 Å². The maximum absolute atomic E-state index is 5.91. The highest BCUT2D eigenvalue weighted by molar-refractivity contribution is 7.80. The van der Waals surface area contributed by atoms with Crippen LogP contribution in [0.15, 0.2) is 54.6 Å². The molecule has 0 unspecified atom stereocenters. The highest BCUT2D eigenvalue weighted by Gasteiger charge is 2.18. The van der Waals surface area contributed by atoms with Gasteiger partial charge in [0.05, 0.1) is 0 Å². The first-order valence-electron chi connectivity index (χ1n) is 8.29. The van der Waals surface area contributed by atoms with Crippen molar-refractivity contribution in [3.05, 3.63) is 65.2 Å². The molecule has 0 amide bonds. The number of halogens is 1. The number of nitrogens with one attached hydrogen (secondary N) is 1. The van der Waals surface area contributed by atoms with Crippen molar-refractivity contribution in [2.75, 3.05) is 37.6 Å². The van der Waals surface area contributed by atoms with Gasteiger partial charge in [-0.15, -0.1) is 0 Å². The molecule has 0 spiro atoms. The third kappa shape index (κ3) is 4.62. The van der Waals surface area contributed by atoms with Crippen LogP contribution >= 0.6 is 23.8 Å². The van der Waals surface area contributed by atoms with Gasteiger partial charge in [0, 0.05) is 43.4 Å². The molecule has 0 atom stereocenters. The Kier molecular flexibility index (Phi) is 5.94. The summed E-state index contributed by atoms with van der Waals surface area (Å²) in [5.74, 6) is 0. The quantitative estimate of drug-likeness (QED) is 0.841. The normalized spacial score (nSPS) is 14.5. The van der Waals surface area contributed by atoms with Gasteiger partial charge in [0.15, 0.2) is 5.11 Å². The molecule has 1 saturated heterocycles. The number of nitrogens with zero attached hydrogens (tertiary/aromatic N) is 2. The van der Waals surface area contributed by atoms with Crippen LogP contribution in [0, 0.1) is 0 Å². The van der Waals surface area contributed by atoms with Gasteiger partial charge < -0.3 is 15.1 Å². The lowest BCUT2D eigenvalue weighted by molar-refractivity contribution is 0.380. The number of anilines is 1. The first-order chi connectivity index (χ1) is 11.7. The summed E-state index contributed by atoms with van der Waals surface area (Å²) in [6, 6.07) is 18.5. The first kappa shape index (κ1) is 17.1. The van der Waals surface area contributed by atoms with Gasteiger partial charge in [-0.3, -0.25) is 0 Å². The lowest BCUT2D eigenvalue weighted by atomic mass is 10.1. The molecule has 1 N–H and O–H groups in total. The molecule has 126 valence electrons. The minimum atomic E-state index is 0.776. The number of rotatable bonds is 4. The fraction of sp³-hybridized carbons (Fsp3) is 0.316. The Hall–Kier alpha value is -1.78. The summed E-state index contributed by atoms with van der Waals surface area (Å²) in [5, 5.41) is 5.01. The van der Waals surface area contributed by atoms with E-state index in [1.807, 2.05) is 12.1 Å². The maximum Gasteiger partial charge on any atom is 0.169 e. The lowest BCUT2D eigenvalue weighted by Crippen LogP contribution is -2.52. The summed E-state index contributed by atoms with van der Waals surface area (Å²) in [6.07, 6.45) is 0.946. The van der Waals surface area contributed by atoms with Crippen molar-refractivity contribution in [1.82, 2.24) is 10.2 Å². The highest BCUT2D eigenvalue weighted by Crippen LogP contribution is 2.15. The molecule has 1 aliphatic heterocycles. The number of piperazine rings is 1. The van der Waals surface area contributed by atoms with Crippen LogP contribution < -0.4 is 10.2 Å². The Labute approximate surface area is 154 Å². The predicted octanol–water partition coefficient (Wildman–Crippen LogP) is 3.58. The summed E-state index contributed by atoms with van der Waals surface area (Å²) in [7, 11) is 0. The molecule has 3 nitrogen and oxygen atoms in total. The van der Waals surface area contributed by atoms with Crippen LogP contribution in [-0.2, 0) is 6.42 Å². The Bertz CT molecular complexity index is 652. The van der Waals surface area contributed by atoms with Gasteiger partial charge in [0.25, 0.3) is 0 Å². The van der Waals surface area contributed by atoms with E-state index in [1.165, 1.54) is 11.3 Å². The van der Waals surface area contributed by atoms with E-state index in [2.05, 4.69) is 57.6 Å². The SMILES string of the molecule is S=C(NCCc1ccc(Cl)cc1)N1CCN(c2ccccc2)CC1. The number of hydrogen-bond donors (Lipinski definition) is 1. The van der Waals surface area contributed by atoms with E-state index in [0.29, 0.717) is 0 Å². The summed E-state index contributed by atoms with van der Waals surface area (Å²) in [6.45, 7) is 4.77. The van der Waals surface area contributed by atoms with Gasteiger partial charge in [-0.1, -0.05) is 41.9 Å². The number of thiocarbonyl (C=S) groups is 1. The molecule has 2 aromatic carbocycles. The fourth-order valence-electron chi connectivity index (χ4n) is 2.88. The molecule has 0 bridgehead atoms. The molecule has 24 heavy (non-hydrogen) atoms. The van der Waals surface area contributed by atoms with E-state index < -0.39 is 0 Å². The third-order valence-electron chi connectivity index (χ3n) is 4.29. The number of benzene rings is 2. The Balaban J connectivity index is 1.41. The van der Waals surface area contributed by atoms with E-state index in [9.17, 15) is 0 Å². The van der Waals surface area contributed by atoms with Gasteiger partial charge in [-0.25, -0.2) is 0 Å². The number of para-hydroxylation sites is 1. The monoisotopic (exact) mass is 359 g/mol. The van der Waals surface area contributed by atoms with Crippen molar-refractivity contribution in [3.8, 4) is 0 Å². The van der Waals surface area contributed by atoms with Crippen LogP contribution in [0.4, 0.5) is 5.69 Å². The van der Waals surface area contributed by atoms with E-state index in [1.54, 1.807) is 0 Å². The molecule has 0 saturated carbocycles. The molecule has 1 aliphatic rings. The van der Waals surface area contributed by atoms with Gasteiger partial charge in [-0.2, -0.15) is 0 Å². The Morgan fingerprint density at radius 3 is 2.29 bits per heavy atom. The van der Waals surface area contributed by atoms with Crippen molar-refractivity contribution >= 4 is 34.6 Å². The molecule has 1 heterocycles. The van der Waals surface area contributed by atoms with Gasteiger partial charge in [0.1, 0.15) is 0 Å². The average molecular weight is 360 g/mol. The van der Waals surface area contributed by atoms with E-state index >= 15 is 0 Å². The van der Waals surface area contributed by atoms with Crippen molar-refractivity contribution in [2.24, 2.45) is 0 Å². The summed E-state index contributed by atoms with van der Waals surface area (Å²) < 4.78 is 0. The summed E-state index contributed by atoms with van der Waals surface area (Å²) in [5.41, 5.74) is 2.56. The second kappa shape index (κ2) is 8.36. The van der Waals surface area contributed by atoms with Crippen LogP contribution in [0.1, 0.15) is 5.56 Å². The molecule has 2 aromatic rings. The summed E-state index contributed by atoms with van der Waals surface area (Å²) in [4.78, 5) is 4.67. The fourth-order valence-corrected chi connectivity index (χ4v) is 3.29.